The van der Waals surface area contributed by atoms with E-state index in [-0.39, 0.29) is 0 Å². The van der Waals surface area contributed by atoms with Crippen LogP contribution in [0.15, 0.2) is 41.4 Å². The maximum absolute atomic E-state index is 6.00. The molecule has 3 rings (SSSR count). The molecule has 5 heteroatoms. The molecule has 1 aromatic heterocycles. The molecule has 28 heavy (non-hydrogen) atoms. The van der Waals surface area contributed by atoms with Gasteiger partial charge < -0.3 is 9.47 Å². The van der Waals surface area contributed by atoms with Crippen molar-refractivity contribution in [2.45, 2.75) is 45.4 Å². The Morgan fingerprint density at radius 3 is 2.54 bits per heavy atom. The van der Waals surface area contributed by atoms with Gasteiger partial charge >= 0.3 is 0 Å². The van der Waals surface area contributed by atoms with E-state index >= 15 is 0 Å². The lowest BCUT2D eigenvalue weighted by atomic mass is 10.0. The highest BCUT2D eigenvalue weighted by Crippen LogP contribution is 2.32. The summed E-state index contributed by atoms with van der Waals surface area (Å²) in [7, 11) is 0. The Morgan fingerprint density at radius 2 is 1.89 bits per heavy atom. The van der Waals surface area contributed by atoms with Crippen molar-refractivity contribution in [2.24, 2.45) is 11.8 Å². The third-order valence-corrected chi connectivity index (χ3v) is 5.85. The molecule has 0 atom stereocenters. The van der Waals surface area contributed by atoms with E-state index in [1.807, 2.05) is 6.20 Å². The first-order valence-corrected chi connectivity index (χ1v) is 11.0. The average Bonchev–Trinajstić information content (AvgIpc) is 2.67. The first-order valence-electron chi connectivity index (χ1n) is 10.2. The van der Waals surface area contributed by atoms with Crippen molar-refractivity contribution >= 4 is 17.8 Å². The molecule has 1 aliphatic rings. The lowest BCUT2D eigenvalue weighted by molar-refractivity contribution is 0.0497. The van der Waals surface area contributed by atoms with Gasteiger partial charge in [0.2, 0.25) is 0 Å². The molecule has 1 fully saturated rings. The summed E-state index contributed by atoms with van der Waals surface area (Å²) in [5.74, 6) is 3.15. The van der Waals surface area contributed by atoms with Crippen LogP contribution >= 0.6 is 11.9 Å². The fraction of sp³-hybridized carbons (Fsp3) is 0.522. The lowest BCUT2D eigenvalue weighted by Gasteiger charge is -2.26. The Hall–Kier alpha value is -1.72. The Labute approximate surface area is 173 Å². The number of benzene rings is 1. The summed E-state index contributed by atoms with van der Waals surface area (Å²) in [4.78, 5) is 5.89. The zero-order valence-electron chi connectivity index (χ0n) is 17.5. The normalized spacial score (nSPS) is 15.0. The van der Waals surface area contributed by atoms with E-state index in [9.17, 15) is 0 Å². The predicted molar refractivity (Wildman–Crippen MR) is 117 cm³/mol. The minimum absolute atomic E-state index is 0.553. The zero-order chi connectivity index (χ0) is 19.9. The van der Waals surface area contributed by atoms with Crippen molar-refractivity contribution in [3.8, 4) is 5.75 Å². The second kappa shape index (κ2) is 10.2. The number of anilines is 1. The van der Waals surface area contributed by atoms with Gasteiger partial charge in [-0.05, 0) is 85.9 Å². The van der Waals surface area contributed by atoms with Crippen LogP contribution in [0.4, 0.5) is 5.82 Å². The summed E-state index contributed by atoms with van der Waals surface area (Å²) in [5.41, 5.74) is 2.41. The summed E-state index contributed by atoms with van der Waals surface area (Å²) in [6.45, 7) is 12.2. The van der Waals surface area contributed by atoms with Crippen LogP contribution in [-0.4, -0.2) is 31.3 Å². The minimum Gasteiger partial charge on any atom is -0.493 e. The van der Waals surface area contributed by atoms with Crippen LogP contribution in [0.3, 0.4) is 0 Å². The number of aromatic nitrogens is 1. The van der Waals surface area contributed by atoms with Crippen LogP contribution in [0, 0.1) is 25.7 Å². The molecule has 4 nitrogen and oxygen atoms in total. The van der Waals surface area contributed by atoms with E-state index in [1.165, 1.54) is 16.0 Å². The van der Waals surface area contributed by atoms with E-state index in [2.05, 4.69) is 62.3 Å². The molecular weight excluding hydrogens is 368 g/mol. The van der Waals surface area contributed by atoms with Gasteiger partial charge in [-0.1, -0.05) is 19.9 Å². The van der Waals surface area contributed by atoms with E-state index in [0.29, 0.717) is 11.8 Å². The van der Waals surface area contributed by atoms with Gasteiger partial charge in [0.1, 0.15) is 11.6 Å². The molecule has 0 amide bonds. The minimum atomic E-state index is 0.553. The molecule has 1 saturated heterocycles. The van der Waals surface area contributed by atoms with Crippen molar-refractivity contribution < 1.29 is 9.47 Å². The Balaban J connectivity index is 1.63. The second-order valence-electron chi connectivity index (χ2n) is 8.04. The quantitative estimate of drug-likeness (QED) is 0.533. The van der Waals surface area contributed by atoms with Crippen molar-refractivity contribution in [1.82, 2.24) is 4.98 Å². The van der Waals surface area contributed by atoms with Crippen molar-refractivity contribution in [2.75, 3.05) is 30.7 Å². The Morgan fingerprint density at radius 1 is 1.18 bits per heavy atom. The fourth-order valence-corrected chi connectivity index (χ4v) is 4.48. The zero-order valence-corrected chi connectivity index (χ0v) is 18.3. The van der Waals surface area contributed by atoms with E-state index < -0.39 is 0 Å². The number of aryl methyl sites for hydroxylation is 2. The standard InChI is InChI=1S/C23H32N2O2S/c1-17(2)15-25(23-19(4)13-18(3)14-24-23)28-22-7-5-21(6-8-22)27-16-20-9-11-26-12-10-20/h5-8,13-14,17,20H,9-12,15-16H2,1-4H3. The fourth-order valence-electron chi connectivity index (χ4n) is 3.32. The highest BCUT2D eigenvalue weighted by molar-refractivity contribution is 8.00. The number of pyridine rings is 1. The van der Waals surface area contributed by atoms with Gasteiger partial charge in [0.25, 0.3) is 0 Å². The monoisotopic (exact) mass is 400 g/mol. The van der Waals surface area contributed by atoms with Gasteiger partial charge in [-0.3, -0.25) is 4.31 Å². The van der Waals surface area contributed by atoms with Crippen LogP contribution in [0.25, 0.3) is 0 Å². The molecule has 0 bridgehead atoms. The molecule has 0 saturated carbocycles. The molecule has 0 spiro atoms. The summed E-state index contributed by atoms with van der Waals surface area (Å²) in [5, 5.41) is 0. The molecular formula is C23H32N2O2S. The first-order chi connectivity index (χ1) is 13.5. The Kier molecular flexibility index (Phi) is 7.63. The molecule has 1 aromatic carbocycles. The molecule has 0 N–H and O–H groups in total. The van der Waals surface area contributed by atoms with Crippen molar-refractivity contribution in [3.05, 3.63) is 47.7 Å². The molecule has 0 aliphatic carbocycles. The number of hydrogen-bond donors (Lipinski definition) is 0. The van der Waals surface area contributed by atoms with Gasteiger partial charge in [-0.25, -0.2) is 4.98 Å². The van der Waals surface area contributed by atoms with Crippen molar-refractivity contribution in [3.63, 3.8) is 0 Å². The van der Waals surface area contributed by atoms with Crippen LogP contribution in [0.5, 0.6) is 5.75 Å². The molecule has 2 aromatic rings. The maximum Gasteiger partial charge on any atom is 0.141 e. The second-order valence-corrected chi connectivity index (χ2v) is 9.13. The van der Waals surface area contributed by atoms with Crippen LogP contribution in [0.2, 0.25) is 0 Å². The van der Waals surface area contributed by atoms with Crippen LogP contribution in [-0.2, 0) is 4.74 Å². The van der Waals surface area contributed by atoms with Gasteiger partial charge in [0, 0.05) is 30.9 Å². The maximum atomic E-state index is 6.00. The Bertz CT molecular complexity index is 743. The number of rotatable bonds is 8. The number of hydrogen-bond acceptors (Lipinski definition) is 5. The molecule has 152 valence electrons. The summed E-state index contributed by atoms with van der Waals surface area (Å²) < 4.78 is 13.7. The first kappa shape index (κ1) is 21.0. The SMILES string of the molecule is Cc1cnc(N(CC(C)C)Sc2ccc(OCC3CCOCC3)cc2)c(C)c1. The summed E-state index contributed by atoms with van der Waals surface area (Å²) in [6.07, 6.45) is 4.14. The highest BCUT2D eigenvalue weighted by atomic mass is 32.2. The third-order valence-electron chi connectivity index (χ3n) is 4.82. The average molecular weight is 401 g/mol. The van der Waals surface area contributed by atoms with Gasteiger partial charge in [0.05, 0.1) is 6.61 Å². The number of ether oxygens (including phenoxy) is 2. The van der Waals surface area contributed by atoms with E-state index in [4.69, 9.17) is 14.5 Å². The predicted octanol–water partition coefficient (Wildman–Crippen LogP) is 5.67. The van der Waals surface area contributed by atoms with E-state index in [1.54, 1.807) is 11.9 Å². The highest BCUT2D eigenvalue weighted by Gasteiger charge is 2.16. The van der Waals surface area contributed by atoms with E-state index in [0.717, 1.165) is 50.8 Å². The van der Waals surface area contributed by atoms with Crippen LogP contribution < -0.4 is 9.04 Å². The van der Waals surface area contributed by atoms with Crippen LogP contribution in [0.1, 0.15) is 37.8 Å². The topological polar surface area (TPSA) is 34.6 Å². The van der Waals surface area contributed by atoms with Crippen molar-refractivity contribution in [1.29, 1.82) is 0 Å². The smallest absolute Gasteiger partial charge is 0.141 e. The lowest BCUT2D eigenvalue weighted by Crippen LogP contribution is -2.22. The summed E-state index contributed by atoms with van der Waals surface area (Å²) >= 11 is 1.74. The van der Waals surface area contributed by atoms with Gasteiger partial charge in [-0.15, -0.1) is 0 Å². The third kappa shape index (κ3) is 6.14. The molecule has 0 unspecified atom stereocenters. The molecule has 0 radical (unpaired) electrons. The molecule has 1 aliphatic heterocycles. The number of nitrogens with zero attached hydrogens (tertiary/aromatic N) is 2. The summed E-state index contributed by atoms with van der Waals surface area (Å²) in [6, 6.07) is 10.6. The van der Waals surface area contributed by atoms with Gasteiger partial charge in [0.15, 0.2) is 0 Å². The molecule has 2 heterocycles. The van der Waals surface area contributed by atoms with Gasteiger partial charge in [-0.2, -0.15) is 0 Å². The largest absolute Gasteiger partial charge is 0.493 e.